The molecule has 0 spiro atoms. The molecule has 5 rings (SSSR count). The van der Waals surface area contributed by atoms with Crippen molar-refractivity contribution in [3.8, 4) is 0 Å². The number of β-lactam (4-membered cyclic amide) rings is 1. The van der Waals surface area contributed by atoms with Crippen molar-refractivity contribution in [2.24, 2.45) is 5.16 Å². The van der Waals surface area contributed by atoms with Crippen LogP contribution in [0.3, 0.4) is 0 Å². The molecule has 2 aliphatic heterocycles. The number of aromatic nitrogens is 2. The summed E-state index contributed by atoms with van der Waals surface area (Å²) in [5, 5.41) is 5.91. The number of esters is 2. The molecular formula is C31H31N5O7S3. The lowest BCUT2D eigenvalue weighted by Crippen LogP contribution is -2.71. The van der Waals surface area contributed by atoms with Crippen LogP contribution >= 0.6 is 35.1 Å². The summed E-state index contributed by atoms with van der Waals surface area (Å²) in [6.45, 7) is 4.58. The monoisotopic (exact) mass is 681 g/mol. The Morgan fingerprint density at radius 1 is 1.09 bits per heavy atom. The molecule has 3 aromatic rings. The molecule has 2 aromatic carbocycles. The number of rotatable bonds is 11. The summed E-state index contributed by atoms with van der Waals surface area (Å²) in [5.74, 6) is -2.19. The second-order valence-electron chi connectivity index (χ2n) is 11.0. The third-order valence-corrected chi connectivity index (χ3v) is 9.41. The van der Waals surface area contributed by atoms with Gasteiger partial charge in [-0.2, -0.15) is 4.37 Å². The Morgan fingerprint density at radius 3 is 2.30 bits per heavy atom. The SMILES string of the molecule is CSC1=C(C(=O)OC(c2ccccc2)c2ccccc2)N2C(=O)C(NC(=O)C(=NOCC(=O)OC(C)(C)C)c3ncsn3)[C@@H]2SC1. The van der Waals surface area contributed by atoms with Crippen molar-refractivity contribution in [1.29, 1.82) is 0 Å². The van der Waals surface area contributed by atoms with E-state index in [0.29, 0.717) is 10.7 Å². The van der Waals surface area contributed by atoms with Gasteiger partial charge >= 0.3 is 11.9 Å². The van der Waals surface area contributed by atoms with Gasteiger partial charge in [-0.3, -0.25) is 14.5 Å². The fourth-order valence-electron chi connectivity index (χ4n) is 4.67. The van der Waals surface area contributed by atoms with Crippen molar-refractivity contribution in [3.63, 3.8) is 0 Å². The van der Waals surface area contributed by atoms with Gasteiger partial charge < -0.3 is 19.6 Å². The average Bonchev–Trinajstić information content (AvgIpc) is 3.58. The Balaban J connectivity index is 1.32. The molecule has 1 N–H and O–H groups in total. The van der Waals surface area contributed by atoms with Crippen LogP contribution in [-0.4, -0.2) is 79.4 Å². The van der Waals surface area contributed by atoms with Gasteiger partial charge in [0.2, 0.25) is 18.1 Å². The summed E-state index contributed by atoms with van der Waals surface area (Å²) in [5.41, 5.74) is 2.08. The Labute approximate surface area is 278 Å². The van der Waals surface area contributed by atoms with E-state index in [0.717, 1.165) is 22.7 Å². The minimum absolute atomic E-state index is 0.0340. The van der Waals surface area contributed by atoms with Crippen LogP contribution in [0, 0.1) is 0 Å². The van der Waals surface area contributed by atoms with Crippen molar-refractivity contribution in [2.75, 3.05) is 18.6 Å². The van der Waals surface area contributed by atoms with Crippen LogP contribution in [0.4, 0.5) is 0 Å². The van der Waals surface area contributed by atoms with E-state index in [2.05, 4.69) is 19.8 Å². The van der Waals surface area contributed by atoms with Crippen LogP contribution in [0.25, 0.3) is 0 Å². The van der Waals surface area contributed by atoms with Crippen LogP contribution < -0.4 is 5.32 Å². The lowest BCUT2D eigenvalue weighted by Gasteiger charge is -2.49. The molecule has 0 radical (unpaired) electrons. The van der Waals surface area contributed by atoms with Gasteiger partial charge in [0.05, 0.1) is 0 Å². The van der Waals surface area contributed by atoms with E-state index in [-0.39, 0.29) is 17.2 Å². The molecule has 0 aliphatic carbocycles. The lowest BCUT2D eigenvalue weighted by atomic mass is 10.0. The first-order valence-electron chi connectivity index (χ1n) is 14.1. The van der Waals surface area contributed by atoms with Crippen LogP contribution in [0.15, 0.2) is 81.9 Å². The number of hydrogen-bond donors (Lipinski definition) is 1. The highest BCUT2D eigenvalue weighted by Gasteiger charge is 2.55. The van der Waals surface area contributed by atoms with Crippen LogP contribution in [-0.2, 0) is 33.5 Å². The molecule has 2 aliphatic rings. The topological polar surface area (TPSA) is 149 Å². The number of benzene rings is 2. The third kappa shape index (κ3) is 7.59. The van der Waals surface area contributed by atoms with Gasteiger partial charge in [0.25, 0.3) is 11.8 Å². The molecule has 15 heteroatoms. The molecule has 46 heavy (non-hydrogen) atoms. The van der Waals surface area contributed by atoms with Crippen molar-refractivity contribution in [2.45, 2.75) is 43.9 Å². The standard InChI is InChI=1S/C31H31N5O7S3/c1-31(2,3)43-21(37)15-41-34-22(26-32-17-46-35-26)27(38)33-23-28(39)36-24(20(44-4)16-45-29(23)36)30(40)42-25(18-11-7-5-8-12-18)19-13-9-6-10-14-19/h5-14,17,23,25,29H,15-16H2,1-4H3,(H,33,38)/t23?,29-/m0/s1. The summed E-state index contributed by atoms with van der Waals surface area (Å²) in [4.78, 5) is 64.0. The van der Waals surface area contributed by atoms with E-state index in [1.807, 2.05) is 66.9 Å². The fourth-order valence-corrected chi connectivity index (χ4v) is 7.35. The molecule has 3 heterocycles. The zero-order valence-electron chi connectivity index (χ0n) is 25.4. The molecule has 2 amide bonds. The van der Waals surface area contributed by atoms with Gasteiger partial charge in [0, 0.05) is 10.7 Å². The highest BCUT2D eigenvalue weighted by molar-refractivity contribution is 8.05. The number of hydrogen-bond acceptors (Lipinski definition) is 13. The number of fused-ring (bicyclic) bond motifs is 1. The normalized spacial score (nSPS) is 18.1. The molecule has 2 atom stereocenters. The van der Waals surface area contributed by atoms with Gasteiger partial charge in [0.15, 0.2) is 6.10 Å². The zero-order valence-corrected chi connectivity index (χ0v) is 27.8. The maximum atomic E-state index is 13.8. The predicted octanol–water partition coefficient (Wildman–Crippen LogP) is 3.91. The predicted molar refractivity (Wildman–Crippen MR) is 175 cm³/mol. The summed E-state index contributed by atoms with van der Waals surface area (Å²) in [6, 6.07) is 17.8. The maximum absolute atomic E-state index is 13.8. The molecule has 1 saturated heterocycles. The summed E-state index contributed by atoms with van der Waals surface area (Å²) in [6.07, 6.45) is 1.13. The first kappa shape index (κ1) is 33.2. The highest BCUT2D eigenvalue weighted by atomic mass is 32.2. The van der Waals surface area contributed by atoms with Crippen molar-refractivity contribution in [1.82, 2.24) is 19.6 Å². The molecule has 0 saturated carbocycles. The Bertz CT molecular complexity index is 1600. The number of carbonyl (C=O) groups excluding carboxylic acids is 4. The Morgan fingerprint density at radius 2 is 1.74 bits per heavy atom. The minimum Gasteiger partial charge on any atom is -0.457 e. The third-order valence-electron chi connectivity index (χ3n) is 6.64. The number of nitrogens with zero attached hydrogens (tertiary/aromatic N) is 4. The first-order valence-corrected chi connectivity index (χ1v) is 17.2. The molecule has 1 aromatic heterocycles. The minimum atomic E-state index is -0.975. The molecule has 1 unspecified atom stereocenters. The Kier molecular flexibility index (Phi) is 10.4. The second-order valence-corrected chi connectivity index (χ2v) is 13.6. The van der Waals surface area contributed by atoms with Crippen LogP contribution in [0.5, 0.6) is 0 Å². The van der Waals surface area contributed by atoms with Gasteiger partial charge in [0.1, 0.15) is 28.2 Å². The Hall–Kier alpha value is -4.21. The van der Waals surface area contributed by atoms with Crippen LogP contribution in [0.2, 0.25) is 0 Å². The van der Waals surface area contributed by atoms with E-state index in [1.54, 1.807) is 20.8 Å². The van der Waals surface area contributed by atoms with Crippen molar-refractivity contribution >= 4 is 64.5 Å². The van der Waals surface area contributed by atoms with Gasteiger partial charge in [-0.15, -0.1) is 23.5 Å². The van der Waals surface area contributed by atoms with Crippen molar-refractivity contribution < 1.29 is 33.5 Å². The number of carbonyl (C=O) groups is 4. The van der Waals surface area contributed by atoms with Crippen molar-refractivity contribution in [3.05, 3.63) is 93.7 Å². The number of nitrogens with one attached hydrogen (secondary N) is 1. The van der Waals surface area contributed by atoms with E-state index in [9.17, 15) is 19.2 Å². The first-order chi connectivity index (χ1) is 22.1. The smallest absolute Gasteiger partial charge is 0.356 e. The molecule has 240 valence electrons. The number of oxime groups is 1. The summed E-state index contributed by atoms with van der Waals surface area (Å²) >= 11 is 3.76. The second kappa shape index (κ2) is 14.5. The number of thioether (sulfide) groups is 2. The van der Waals surface area contributed by atoms with E-state index in [4.69, 9.17) is 14.3 Å². The summed E-state index contributed by atoms with van der Waals surface area (Å²) < 4.78 is 15.4. The fraction of sp³-hybridized carbons (Fsp3) is 0.323. The number of ether oxygens (including phenoxy) is 2. The molecule has 0 bridgehead atoms. The van der Waals surface area contributed by atoms with E-state index >= 15 is 0 Å². The highest BCUT2D eigenvalue weighted by Crippen LogP contribution is 2.44. The lowest BCUT2D eigenvalue weighted by molar-refractivity contribution is -0.160. The quantitative estimate of drug-likeness (QED) is 0.136. The molecular weight excluding hydrogens is 651 g/mol. The van der Waals surface area contributed by atoms with E-state index in [1.165, 1.54) is 33.9 Å². The van der Waals surface area contributed by atoms with E-state index < -0.39 is 53.5 Å². The largest absolute Gasteiger partial charge is 0.457 e. The number of amides is 2. The van der Waals surface area contributed by atoms with Crippen LogP contribution in [0.1, 0.15) is 43.8 Å². The average molecular weight is 682 g/mol. The maximum Gasteiger partial charge on any atom is 0.356 e. The molecule has 12 nitrogen and oxygen atoms in total. The van der Waals surface area contributed by atoms with Gasteiger partial charge in [-0.25, -0.2) is 14.6 Å². The molecule has 1 fully saturated rings. The zero-order chi connectivity index (χ0) is 32.8. The summed E-state index contributed by atoms with van der Waals surface area (Å²) in [7, 11) is 0. The van der Waals surface area contributed by atoms with Gasteiger partial charge in [-0.05, 0) is 49.7 Å². The van der Waals surface area contributed by atoms with Gasteiger partial charge in [-0.1, -0.05) is 65.8 Å².